The van der Waals surface area contributed by atoms with Crippen molar-refractivity contribution in [1.29, 1.82) is 0 Å². The van der Waals surface area contributed by atoms with E-state index >= 15 is 0 Å². The van der Waals surface area contributed by atoms with Gasteiger partial charge >= 0.3 is 0 Å². The molecule has 0 bridgehead atoms. The Morgan fingerprint density at radius 2 is 2.18 bits per heavy atom. The van der Waals surface area contributed by atoms with E-state index in [4.69, 9.17) is 0 Å². The second-order valence-corrected chi connectivity index (χ2v) is 6.87. The summed E-state index contributed by atoms with van der Waals surface area (Å²) in [5, 5.41) is 3.98. The number of hydrogen-bond acceptors (Lipinski definition) is 2. The maximum absolute atomic E-state index is 11.9. The molecule has 0 fully saturated rings. The fourth-order valence-electron chi connectivity index (χ4n) is 1.44. The van der Waals surface area contributed by atoms with E-state index in [1.54, 1.807) is 11.3 Å². The van der Waals surface area contributed by atoms with Crippen LogP contribution in [0.3, 0.4) is 0 Å². The van der Waals surface area contributed by atoms with E-state index in [0.717, 1.165) is 29.6 Å². The number of hydrogen-bond donors (Lipinski definition) is 1. The highest BCUT2D eigenvalue weighted by molar-refractivity contribution is 9.09. The number of alkyl halides is 1. The summed E-state index contributed by atoms with van der Waals surface area (Å²) in [7, 11) is 0. The van der Waals surface area contributed by atoms with Gasteiger partial charge in [-0.1, -0.05) is 36.7 Å². The summed E-state index contributed by atoms with van der Waals surface area (Å²) in [4.78, 5) is 14.0. The normalized spacial score (nSPS) is 11.5. The van der Waals surface area contributed by atoms with Gasteiger partial charge in [0.15, 0.2) is 0 Å². The minimum atomic E-state index is 0.0531. The summed E-state index contributed by atoms with van der Waals surface area (Å²) in [6, 6.07) is 3.94. The minimum absolute atomic E-state index is 0.0531. The van der Waals surface area contributed by atoms with Gasteiger partial charge in [0.25, 0.3) is 5.91 Å². The Labute approximate surface area is 116 Å². The summed E-state index contributed by atoms with van der Waals surface area (Å²) < 4.78 is 0. The molecule has 0 spiro atoms. The third kappa shape index (κ3) is 4.80. The topological polar surface area (TPSA) is 29.1 Å². The van der Waals surface area contributed by atoms with Crippen molar-refractivity contribution in [2.24, 2.45) is 5.41 Å². The molecule has 0 aliphatic rings. The van der Waals surface area contributed by atoms with Gasteiger partial charge in [-0.3, -0.25) is 4.79 Å². The second-order valence-electron chi connectivity index (χ2n) is 4.91. The number of thiophene rings is 1. The lowest BCUT2D eigenvalue weighted by Gasteiger charge is -2.23. The van der Waals surface area contributed by atoms with E-state index in [2.05, 4.69) is 42.0 Å². The van der Waals surface area contributed by atoms with Crippen LogP contribution >= 0.6 is 27.3 Å². The van der Waals surface area contributed by atoms with Crippen LogP contribution in [-0.4, -0.2) is 17.8 Å². The largest absolute Gasteiger partial charge is 0.351 e. The third-order valence-corrected chi connectivity index (χ3v) is 4.36. The molecule has 1 amide bonds. The lowest BCUT2D eigenvalue weighted by atomic mass is 9.90. The first-order chi connectivity index (χ1) is 7.98. The molecule has 1 rings (SSSR count). The van der Waals surface area contributed by atoms with Crippen LogP contribution in [-0.2, 0) is 6.42 Å². The zero-order valence-corrected chi connectivity index (χ0v) is 13.1. The first-order valence-electron chi connectivity index (χ1n) is 5.91. The fraction of sp³-hybridized carbons (Fsp3) is 0.615. The van der Waals surface area contributed by atoms with Crippen LogP contribution in [0.25, 0.3) is 0 Å². The van der Waals surface area contributed by atoms with Crippen LogP contribution in [0.1, 0.15) is 41.7 Å². The SMILES string of the molecule is CCc1ccc(C(=O)NCC(C)(C)CCBr)s1. The number of aryl methyl sites for hydroxylation is 1. The number of rotatable bonds is 6. The molecule has 1 aromatic rings. The van der Waals surface area contributed by atoms with Gasteiger partial charge in [0.05, 0.1) is 4.88 Å². The summed E-state index contributed by atoms with van der Waals surface area (Å²) in [5.41, 5.74) is 0.143. The maximum Gasteiger partial charge on any atom is 0.261 e. The van der Waals surface area contributed by atoms with Crippen molar-refractivity contribution in [3.63, 3.8) is 0 Å². The zero-order chi connectivity index (χ0) is 12.9. The Morgan fingerprint density at radius 3 is 2.71 bits per heavy atom. The van der Waals surface area contributed by atoms with Crippen molar-refractivity contribution in [2.75, 3.05) is 11.9 Å². The molecule has 1 N–H and O–H groups in total. The summed E-state index contributed by atoms with van der Waals surface area (Å²) in [6.45, 7) is 7.16. The molecule has 17 heavy (non-hydrogen) atoms. The van der Waals surface area contributed by atoms with E-state index in [1.807, 2.05) is 12.1 Å². The van der Waals surface area contributed by atoms with Crippen LogP contribution in [0.4, 0.5) is 0 Å². The van der Waals surface area contributed by atoms with Gasteiger partial charge in [0.1, 0.15) is 0 Å². The van der Waals surface area contributed by atoms with Crippen molar-refractivity contribution in [1.82, 2.24) is 5.32 Å². The minimum Gasteiger partial charge on any atom is -0.351 e. The highest BCUT2D eigenvalue weighted by atomic mass is 79.9. The molecule has 4 heteroatoms. The molecule has 0 radical (unpaired) electrons. The molecule has 0 atom stereocenters. The Morgan fingerprint density at radius 1 is 1.47 bits per heavy atom. The maximum atomic E-state index is 11.9. The molecule has 2 nitrogen and oxygen atoms in total. The van der Waals surface area contributed by atoms with E-state index < -0.39 is 0 Å². The number of halogens is 1. The average molecular weight is 318 g/mol. The fourth-order valence-corrected chi connectivity index (χ4v) is 3.38. The standard InChI is InChI=1S/C13H20BrNOS/c1-4-10-5-6-11(17-10)12(16)15-9-13(2,3)7-8-14/h5-6H,4,7-9H2,1-3H3,(H,15,16). The summed E-state index contributed by atoms with van der Waals surface area (Å²) in [5.74, 6) is 0.0531. The predicted molar refractivity (Wildman–Crippen MR) is 78.2 cm³/mol. The van der Waals surface area contributed by atoms with Gasteiger partial charge in [0, 0.05) is 16.8 Å². The van der Waals surface area contributed by atoms with E-state index in [-0.39, 0.29) is 11.3 Å². The lowest BCUT2D eigenvalue weighted by molar-refractivity contribution is 0.0940. The first-order valence-corrected chi connectivity index (χ1v) is 7.85. The molecular formula is C13H20BrNOS. The molecule has 0 saturated heterocycles. The monoisotopic (exact) mass is 317 g/mol. The van der Waals surface area contributed by atoms with E-state index in [9.17, 15) is 4.79 Å². The van der Waals surface area contributed by atoms with E-state index in [1.165, 1.54) is 4.88 Å². The highest BCUT2D eigenvalue weighted by Gasteiger charge is 2.18. The number of nitrogens with one attached hydrogen (secondary N) is 1. The summed E-state index contributed by atoms with van der Waals surface area (Å²) >= 11 is 5.02. The highest BCUT2D eigenvalue weighted by Crippen LogP contribution is 2.21. The van der Waals surface area contributed by atoms with Crippen LogP contribution in [0, 0.1) is 5.41 Å². The molecule has 1 aromatic heterocycles. The van der Waals surface area contributed by atoms with Crippen LogP contribution in [0.5, 0.6) is 0 Å². The Kier molecular flexibility index (Phi) is 5.67. The Hall–Kier alpha value is -0.350. The average Bonchev–Trinajstić information content (AvgIpc) is 2.74. The zero-order valence-electron chi connectivity index (χ0n) is 10.7. The number of carbonyl (C=O) groups excluding carboxylic acids is 1. The van der Waals surface area contributed by atoms with Gasteiger partial charge in [-0.05, 0) is 30.4 Å². The second kappa shape index (κ2) is 6.55. The van der Waals surface area contributed by atoms with Crippen LogP contribution in [0.2, 0.25) is 0 Å². The van der Waals surface area contributed by atoms with Crippen LogP contribution < -0.4 is 5.32 Å². The molecule has 1 heterocycles. The predicted octanol–water partition coefficient (Wildman–Crippen LogP) is 3.85. The molecule has 96 valence electrons. The molecule has 0 aromatic carbocycles. The number of carbonyl (C=O) groups is 1. The molecule has 0 unspecified atom stereocenters. The van der Waals surface area contributed by atoms with Crippen molar-refractivity contribution in [3.05, 3.63) is 21.9 Å². The molecule has 0 saturated carbocycles. The van der Waals surface area contributed by atoms with Gasteiger partial charge in [0.2, 0.25) is 0 Å². The van der Waals surface area contributed by atoms with Crippen LogP contribution in [0.15, 0.2) is 12.1 Å². The van der Waals surface area contributed by atoms with Crippen molar-refractivity contribution in [3.8, 4) is 0 Å². The molecule has 0 aliphatic heterocycles. The van der Waals surface area contributed by atoms with Gasteiger partial charge < -0.3 is 5.32 Å². The van der Waals surface area contributed by atoms with Gasteiger partial charge in [-0.25, -0.2) is 0 Å². The first kappa shape index (κ1) is 14.7. The van der Waals surface area contributed by atoms with Crippen molar-refractivity contribution >= 4 is 33.2 Å². The number of amides is 1. The van der Waals surface area contributed by atoms with Gasteiger partial charge in [-0.15, -0.1) is 11.3 Å². The molecule has 0 aliphatic carbocycles. The third-order valence-electron chi connectivity index (χ3n) is 2.73. The lowest BCUT2D eigenvalue weighted by Crippen LogP contribution is -2.33. The Bertz CT molecular complexity index is 373. The van der Waals surface area contributed by atoms with Gasteiger partial charge in [-0.2, -0.15) is 0 Å². The quantitative estimate of drug-likeness (QED) is 0.793. The van der Waals surface area contributed by atoms with Crippen molar-refractivity contribution in [2.45, 2.75) is 33.6 Å². The summed E-state index contributed by atoms with van der Waals surface area (Å²) in [6.07, 6.45) is 2.05. The smallest absolute Gasteiger partial charge is 0.261 e. The van der Waals surface area contributed by atoms with E-state index in [0.29, 0.717) is 0 Å². The Balaban J connectivity index is 2.49. The van der Waals surface area contributed by atoms with Crippen molar-refractivity contribution < 1.29 is 4.79 Å². The molecular weight excluding hydrogens is 298 g/mol.